The van der Waals surface area contributed by atoms with Gasteiger partial charge in [-0.1, -0.05) is 0 Å². The number of nitrogens with one attached hydrogen (secondary N) is 2. The van der Waals surface area contributed by atoms with Crippen LogP contribution in [0.2, 0.25) is 0 Å². The first-order valence-corrected chi connectivity index (χ1v) is 8.65. The second-order valence-electron chi connectivity index (χ2n) is 6.43. The second kappa shape index (κ2) is 8.01. The predicted octanol–water partition coefficient (Wildman–Crippen LogP) is 2.01. The van der Waals surface area contributed by atoms with Crippen molar-refractivity contribution in [2.75, 3.05) is 17.7 Å². The maximum atomic E-state index is 11.7. The smallest absolute Gasteiger partial charge is 0.254 e. The molecule has 1 fully saturated rings. The number of nitrogens with zero attached hydrogens (tertiary/aromatic N) is 2. The maximum Gasteiger partial charge on any atom is 0.254 e. The number of nitrogens with two attached hydrogens (primary N) is 2. The molecule has 1 aromatic heterocycles. The largest absolute Gasteiger partial charge is 0.497 e. The first-order valence-electron chi connectivity index (χ1n) is 8.65. The molecule has 1 aliphatic rings. The molecule has 3 rings (SSSR count). The molecule has 1 amide bonds. The zero-order chi connectivity index (χ0) is 18.5. The Morgan fingerprint density at radius 2 is 1.88 bits per heavy atom. The van der Waals surface area contributed by atoms with Crippen molar-refractivity contribution in [3.05, 3.63) is 36.0 Å². The van der Waals surface area contributed by atoms with E-state index in [0.29, 0.717) is 11.8 Å². The molecule has 6 N–H and O–H groups in total. The highest BCUT2D eigenvalue weighted by atomic mass is 16.5. The van der Waals surface area contributed by atoms with Crippen LogP contribution in [0.25, 0.3) is 0 Å². The highest BCUT2D eigenvalue weighted by Crippen LogP contribution is 2.24. The van der Waals surface area contributed by atoms with Crippen LogP contribution in [0, 0.1) is 0 Å². The number of rotatable bonds is 6. The molecular weight excluding hydrogens is 332 g/mol. The number of hydrogen-bond donors (Lipinski definition) is 4. The molecule has 1 aromatic carbocycles. The molecule has 1 heterocycles. The summed E-state index contributed by atoms with van der Waals surface area (Å²) >= 11 is 0. The molecule has 0 saturated heterocycles. The molecule has 0 atom stereocenters. The topological polar surface area (TPSA) is 128 Å². The number of carbonyl (C=O) groups excluding carboxylic acids is 1. The highest BCUT2D eigenvalue weighted by Gasteiger charge is 2.21. The molecule has 8 nitrogen and oxygen atoms in total. The van der Waals surface area contributed by atoms with Gasteiger partial charge in [0.15, 0.2) is 0 Å². The lowest BCUT2D eigenvalue weighted by Crippen LogP contribution is -2.33. The summed E-state index contributed by atoms with van der Waals surface area (Å²) < 4.78 is 5.14. The van der Waals surface area contributed by atoms with E-state index in [2.05, 4.69) is 20.6 Å². The Morgan fingerprint density at radius 1 is 1.19 bits per heavy atom. The van der Waals surface area contributed by atoms with Crippen LogP contribution in [0.4, 0.5) is 17.5 Å². The summed E-state index contributed by atoms with van der Waals surface area (Å²) in [7, 11) is 1.62. The minimum Gasteiger partial charge on any atom is -0.497 e. The molecule has 0 radical (unpaired) electrons. The lowest BCUT2D eigenvalue weighted by atomic mass is 9.92. The fraction of sp³-hybridized carbons (Fsp3) is 0.389. The number of ether oxygens (including phenoxy) is 1. The standard InChI is InChI=1S/C18H24N6O2/c1-26-14-8-6-13(7-9-14)23-18-21-10-15(16(20)25)17(24-18)22-12-4-2-11(19)3-5-12/h6-12H,2-5,19H2,1H3,(H2,20,25)(H2,21,22,23,24)/t11-,12+. The van der Waals surface area contributed by atoms with Gasteiger partial charge < -0.3 is 26.8 Å². The van der Waals surface area contributed by atoms with E-state index in [4.69, 9.17) is 16.2 Å². The molecule has 0 unspecified atom stereocenters. The van der Waals surface area contributed by atoms with Crippen LogP contribution in [0.1, 0.15) is 36.0 Å². The highest BCUT2D eigenvalue weighted by molar-refractivity contribution is 5.97. The van der Waals surface area contributed by atoms with E-state index in [1.165, 1.54) is 6.20 Å². The number of hydrogen-bond acceptors (Lipinski definition) is 7. The third-order valence-corrected chi connectivity index (χ3v) is 4.51. The number of amides is 1. The third-order valence-electron chi connectivity index (χ3n) is 4.51. The van der Waals surface area contributed by atoms with Gasteiger partial charge in [-0.2, -0.15) is 4.98 Å². The zero-order valence-corrected chi connectivity index (χ0v) is 14.7. The van der Waals surface area contributed by atoms with Gasteiger partial charge in [-0.25, -0.2) is 4.98 Å². The van der Waals surface area contributed by atoms with Gasteiger partial charge in [-0.15, -0.1) is 0 Å². The molecule has 138 valence electrons. The van der Waals surface area contributed by atoms with E-state index in [-0.39, 0.29) is 17.6 Å². The van der Waals surface area contributed by atoms with Crippen LogP contribution in [0.5, 0.6) is 5.75 Å². The fourth-order valence-electron chi connectivity index (χ4n) is 2.99. The molecule has 1 aliphatic carbocycles. The molecule has 8 heteroatoms. The van der Waals surface area contributed by atoms with E-state index in [9.17, 15) is 4.79 Å². The van der Waals surface area contributed by atoms with E-state index in [0.717, 1.165) is 37.1 Å². The van der Waals surface area contributed by atoms with Crippen molar-refractivity contribution in [1.29, 1.82) is 0 Å². The normalized spacial score (nSPS) is 19.6. The molecule has 1 saturated carbocycles. The first-order chi connectivity index (χ1) is 12.5. The van der Waals surface area contributed by atoms with Crippen LogP contribution in [0.3, 0.4) is 0 Å². The average Bonchev–Trinajstić information content (AvgIpc) is 2.64. The van der Waals surface area contributed by atoms with Crippen LogP contribution in [0.15, 0.2) is 30.5 Å². The minimum atomic E-state index is -0.559. The van der Waals surface area contributed by atoms with Gasteiger partial charge in [0.2, 0.25) is 5.95 Å². The van der Waals surface area contributed by atoms with E-state index < -0.39 is 5.91 Å². The van der Waals surface area contributed by atoms with Crippen LogP contribution >= 0.6 is 0 Å². The lowest BCUT2D eigenvalue weighted by Gasteiger charge is -2.27. The van der Waals surface area contributed by atoms with Gasteiger partial charge in [-0.05, 0) is 49.9 Å². The van der Waals surface area contributed by atoms with Gasteiger partial charge in [0.25, 0.3) is 5.91 Å². The zero-order valence-electron chi connectivity index (χ0n) is 14.7. The summed E-state index contributed by atoms with van der Waals surface area (Å²) in [5, 5.41) is 6.44. The minimum absolute atomic E-state index is 0.219. The lowest BCUT2D eigenvalue weighted by molar-refractivity contribution is 0.100. The fourth-order valence-corrected chi connectivity index (χ4v) is 2.99. The summed E-state index contributed by atoms with van der Waals surface area (Å²) in [4.78, 5) is 20.3. The first kappa shape index (κ1) is 17.9. The van der Waals surface area contributed by atoms with Crippen molar-refractivity contribution in [2.45, 2.75) is 37.8 Å². The molecule has 2 aromatic rings. The Bertz CT molecular complexity index is 757. The second-order valence-corrected chi connectivity index (χ2v) is 6.43. The Labute approximate surface area is 152 Å². The van der Waals surface area contributed by atoms with Gasteiger partial charge >= 0.3 is 0 Å². The van der Waals surface area contributed by atoms with E-state index in [1.807, 2.05) is 24.3 Å². The Kier molecular flexibility index (Phi) is 5.52. The van der Waals surface area contributed by atoms with E-state index >= 15 is 0 Å². The van der Waals surface area contributed by atoms with Crippen molar-refractivity contribution in [3.63, 3.8) is 0 Å². The summed E-state index contributed by atoms with van der Waals surface area (Å²) in [5.41, 5.74) is 12.5. The summed E-state index contributed by atoms with van der Waals surface area (Å²) in [6.45, 7) is 0. The van der Waals surface area contributed by atoms with Gasteiger partial charge in [-0.3, -0.25) is 4.79 Å². The van der Waals surface area contributed by atoms with Crippen LogP contribution < -0.4 is 26.8 Å². The molecule has 0 bridgehead atoms. The third kappa shape index (κ3) is 4.40. The van der Waals surface area contributed by atoms with Crippen molar-refractivity contribution in [2.24, 2.45) is 11.5 Å². The monoisotopic (exact) mass is 356 g/mol. The van der Waals surface area contributed by atoms with Crippen molar-refractivity contribution < 1.29 is 9.53 Å². The molecule has 26 heavy (non-hydrogen) atoms. The molecule has 0 aliphatic heterocycles. The summed E-state index contributed by atoms with van der Waals surface area (Å²) in [6, 6.07) is 7.87. The van der Waals surface area contributed by atoms with Crippen molar-refractivity contribution >= 4 is 23.4 Å². The van der Waals surface area contributed by atoms with E-state index in [1.54, 1.807) is 7.11 Å². The SMILES string of the molecule is COc1ccc(Nc2ncc(C(N)=O)c(N[C@H]3CC[C@@H](N)CC3)n2)cc1. The molecular formula is C18H24N6O2. The average molecular weight is 356 g/mol. The van der Waals surface area contributed by atoms with Gasteiger partial charge in [0.1, 0.15) is 11.6 Å². The van der Waals surface area contributed by atoms with Gasteiger partial charge in [0.05, 0.1) is 12.7 Å². The summed E-state index contributed by atoms with van der Waals surface area (Å²) in [5.74, 6) is 1.04. The quantitative estimate of drug-likeness (QED) is 0.623. The van der Waals surface area contributed by atoms with Crippen molar-refractivity contribution in [1.82, 2.24) is 9.97 Å². The number of carbonyl (C=O) groups is 1. The predicted molar refractivity (Wildman–Crippen MR) is 101 cm³/mol. The Hall–Kier alpha value is -2.87. The number of primary amides is 1. The Balaban J connectivity index is 1.77. The molecule has 0 spiro atoms. The number of anilines is 3. The van der Waals surface area contributed by atoms with Crippen LogP contribution in [-0.2, 0) is 0 Å². The number of aromatic nitrogens is 2. The number of benzene rings is 1. The summed E-state index contributed by atoms with van der Waals surface area (Å²) in [6.07, 6.45) is 5.21. The Morgan fingerprint density at radius 3 is 2.50 bits per heavy atom. The van der Waals surface area contributed by atoms with Crippen molar-refractivity contribution in [3.8, 4) is 5.75 Å². The van der Waals surface area contributed by atoms with Gasteiger partial charge in [0, 0.05) is 24.0 Å². The maximum absolute atomic E-state index is 11.7. The number of methoxy groups -OCH3 is 1. The van der Waals surface area contributed by atoms with Crippen LogP contribution in [-0.4, -0.2) is 35.1 Å².